The largest absolute Gasteiger partial charge is 0.402 e. The summed E-state index contributed by atoms with van der Waals surface area (Å²) in [6.07, 6.45) is 8.30. The molecule has 1 aromatic carbocycles. The fourth-order valence-corrected chi connectivity index (χ4v) is 6.29. The number of aromatic nitrogens is 4. The lowest BCUT2D eigenvalue weighted by atomic mass is 9.84. The summed E-state index contributed by atoms with van der Waals surface area (Å²) in [6, 6.07) is 6.26. The highest BCUT2D eigenvalue weighted by Gasteiger charge is 2.52. The predicted molar refractivity (Wildman–Crippen MR) is 140 cm³/mol. The van der Waals surface area contributed by atoms with Gasteiger partial charge in [-0.05, 0) is 68.7 Å². The average Bonchev–Trinajstić information content (AvgIpc) is 3.53. The number of anilines is 1. The summed E-state index contributed by atoms with van der Waals surface area (Å²) >= 11 is 0. The zero-order valence-electron chi connectivity index (χ0n) is 21.0. The number of benzene rings is 1. The number of nitrogens with two attached hydrogens (primary N) is 2. The molecule has 0 spiro atoms. The fourth-order valence-electron chi connectivity index (χ4n) is 6.29. The smallest absolute Gasteiger partial charge is 0.163 e. The van der Waals surface area contributed by atoms with Crippen LogP contribution < -0.4 is 16.4 Å². The van der Waals surface area contributed by atoms with Crippen molar-refractivity contribution >= 4 is 22.6 Å². The Morgan fingerprint density at radius 1 is 1.14 bits per heavy atom. The molecule has 8 nitrogen and oxygen atoms in total. The molecular weight excluding hydrogens is 455 g/mol. The molecule has 36 heavy (non-hydrogen) atoms. The van der Waals surface area contributed by atoms with E-state index in [1.165, 1.54) is 25.0 Å². The number of halogens is 1. The maximum absolute atomic E-state index is 13.5. The Morgan fingerprint density at radius 2 is 1.89 bits per heavy atom. The van der Waals surface area contributed by atoms with E-state index in [1.54, 1.807) is 23.0 Å². The maximum Gasteiger partial charge on any atom is 0.163 e. The molecule has 0 radical (unpaired) electrons. The van der Waals surface area contributed by atoms with Gasteiger partial charge in [0, 0.05) is 61.2 Å². The molecule has 3 fully saturated rings. The average molecular weight is 489 g/mol. The molecule has 2 saturated carbocycles. The monoisotopic (exact) mass is 488 g/mol. The third-order valence-corrected chi connectivity index (χ3v) is 8.40. The van der Waals surface area contributed by atoms with Crippen molar-refractivity contribution in [2.24, 2.45) is 28.9 Å². The molecule has 2 aromatic heterocycles. The van der Waals surface area contributed by atoms with Crippen LogP contribution in [0.3, 0.4) is 0 Å². The topological polar surface area (TPSA) is 111 Å². The molecule has 6 rings (SSSR count). The van der Waals surface area contributed by atoms with E-state index in [1.807, 2.05) is 14.0 Å². The Hall–Kier alpha value is -3.33. The van der Waals surface area contributed by atoms with Gasteiger partial charge < -0.3 is 16.4 Å². The van der Waals surface area contributed by atoms with Gasteiger partial charge in [0.15, 0.2) is 11.5 Å². The number of nitrogens with zero attached hydrogens (tertiary/aromatic N) is 6. The highest BCUT2D eigenvalue weighted by molar-refractivity contribution is 6.03. The number of aliphatic imine (C=N–C) groups is 1. The molecule has 1 aliphatic heterocycles. The van der Waals surface area contributed by atoms with Gasteiger partial charge in [-0.15, -0.1) is 0 Å². The minimum Gasteiger partial charge on any atom is -0.402 e. The highest BCUT2D eigenvalue weighted by atomic mass is 19.1. The van der Waals surface area contributed by atoms with Crippen LogP contribution >= 0.6 is 0 Å². The molecule has 1 saturated heterocycles. The van der Waals surface area contributed by atoms with E-state index in [0.29, 0.717) is 12.4 Å². The van der Waals surface area contributed by atoms with Gasteiger partial charge in [0.05, 0.1) is 11.6 Å². The predicted octanol–water partition coefficient (Wildman–Crippen LogP) is 3.71. The van der Waals surface area contributed by atoms with Crippen LogP contribution in [-0.2, 0) is 7.05 Å². The fraction of sp³-hybridized carbons (Fsp3) is 0.481. The Kier molecular flexibility index (Phi) is 5.37. The van der Waals surface area contributed by atoms with Crippen molar-refractivity contribution < 1.29 is 4.39 Å². The summed E-state index contributed by atoms with van der Waals surface area (Å²) < 4.78 is 15.3. The minimum absolute atomic E-state index is 0.0380. The number of aryl methyl sites for hydroxylation is 1. The molecular formula is C27H33FN8. The first-order chi connectivity index (χ1) is 17.2. The van der Waals surface area contributed by atoms with E-state index in [0.717, 1.165) is 78.2 Å². The van der Waals surface area contributed by atoms with E-state index >= 15 is 0 Å². The molecule has 2 aliphatic carbocycles. The molecule has 3 aliphatic rings. The molecule has 3 heterocycles. The summed E-state index contributed by atoms with van der Waals surface area (Å²) in [5, 5.41) is 5.31. The van der Waals surface area contributed by atoms with Gasteiger partial charge in [-0.25, -0.2) is 14.4 Å². The molecule has 2 bridgehead atoms. The SMILES string of the molecule is CC(N)=C1CN(c2nc(-c3ccc(F)cc3)nc3c2cnn3C)CCC1=NCC12CCC(N)(CC1)C2. The van der Waals surface area contributed by atoms with E-state index in [4.69, 9.17) is 26.4 Å². The standard InChI is InChI=1S/C27H33FN8/c1-17(29)21-14-36(12-7-22(21)31-16-26-8-10-27(30,15-26)11-9-26)25-20-13-32-35(2)24(20)33-23(34-25)18-3-5-19(28)6-4-18/h3-6,13H,7-12,14-16,29-30H2,1-2H3. The van der Waals surface area contributed by atoms with Crippen molar-refractivity contribution in [2.45, 2.75) is 51.0 Å². The van der Waals surface area contributed by atoms with Gasteiger partial charge in [0.1, 0.15) is 11.6 Å². The quantitative estimate of drug-likeness (QED) is 0.579. The van der Waals surface area contributed by atoms with Gasteiger partial charge in [0.2, 0.25) is 0 Å². The van der Waals surface area contributed by atoms with Crippen LogP contribution in [-0.4, -0.2) is 50.6 Å². The second kappa shape index (κ2) is 8.37. The lowest BCUT2D eigenvalue weighted by molar-refractivity contribution is 0.305. The Morgan fingerprint density at radius 3 is 2.56 bits per heavy atom. The van der Waals surface area contributed by atoms with Crippen molar-refractivity contribution in [1.82, 2.24) is 19.7 Å². The highest BCUT2D eigenvalue weighted by Crippen LogP contribution is 2.55. The van der Waals surface area contributed by atoms with Gasteiger partial charge in [0.25, 0.3) is 0 Å². The number of hydrogen-bond acceptors (Lipinski definition) is 7. The van der Waals surface area contributed by atoms with Crippen LogP contribution in [0.4, 0.5) is 10.2 Å². The summed E-state index contributed by atoms with van der Waals surface area (Å²) in [4.78, 5) is 17.0. The van der Waals surface area contributed by atoms with Gasteiger partial charge in [-0.2, -0.15) is 5.10 Å². The zero-order chi connectivity index (χ0) is 25.1. The van der Waals surface area contributed by atoms with Gasteiger partial charge in [-0.1, -0.05) is 0 Å². The lowest BCUT2D eigenvalue weighted by Crippen LogP contribution is -2.38. The number of allylic oxidation sites excluding steroid dienone is 1. The first-order valence-corrected chi connectivity index (χ1v) is 12.7. The van der Waals surface area contributed by atoms with Gasteiger partial charge in [-0.3, -0.25) is 9.67 Å². The molecule has 0 unspecified atom stereocenters. The Labute approximate surface area is 210 Å². The number of piperidine rings is 1. The van der Waals surface area contributed by atoms with E-state index in [9.17, 15) is 4.39 Å². The first-order valence-electron chi connectivity index (χ1n) is 12.7. The summed E-state index contributed by atoms with van der Waals surface area (Å²) in [5.41, 5.74) is 17.7. The summed E-state index contributed by atoms with van der Waals surface area (Å²) in [5.74, 6) is 1.06. The van der Waals surface area contributed by atoms with Crippen molar-refractivity contribution in [2.75, 3.05) is 24.5 Å². The third-order valence-electron chi connectivity index (χ3n) is 8.40. The normalized spacial score (nSPS) is 28.4. The van der Waals surface area contributed by atoms with E-state index in [2.05, 4.69) is 10.00 Å². The van der Waals surface area contributed by atoms with Crippen LogP contribution in [0.5, 0.6) is 0 Å². The maximum atomic E-state index is 13.5. The summed E-state index contributed by atoms with van der Waals surface area (Å²) in [7, 11) is 1.87. The lowest BCUT2D eigenvalue weighted by Gasteiger charge is -2.33. The summed E-state index contributed by atoms with van der Waals surface area (Å²) in [6.45, 7) is 4.19. The molecule has 188 valence electrons. The van der Waals surface area contributed by atoms with Crippen LogP contribution in [0.15, 0.2) is 46.7 Å². The molecule has 3 aromatic rings. The number of rotatable bonds is 4. The molecule has 0 amide bonds. The van der Waals surface area contributed by atoms with Crippen LogP contribution in [0.25, 0.3) is 22.4 Å². The van der Waals surface area contributed by atoms with E-state index < -0.39 is 0 Å². The van der Waals surface area contributed by atoms with Crippen molar-refractivity contribution in [3.05, 3.63) is 47.5 Å². The molecule has 0 atom stereocenters. The Balaban J connectivity index is 1.32. The number of fused-ring (bicyclic) bond motifs is 3. The van der Waals surface area contributed by atoms with Crippen molar-refractivity contribution in [3.63, 3.8) is 0 Å². The molecule has 4 N–H and O–H groups in total. The Bertz CT molecular complexity index is 1370. The van der Waals surface area contributed by atoms with Gasteiger partial charge >= 0.3 is 0 Å². The first kappa shape index (κ1) is 23.1. The van der Waals surface area contributed by atoms with Crippen molar-refractivity contribution in [3.8, 4) is 11.4 Å². The number of hydrogen-bond donors (Lipinski definition) is 2. The zero-order valence-corrected chi connectivity index (χ0v) is 21.0. The van der Waals surface area contributed by atoms with E-state index in [-0.39, 0.29) is 16.8 Å². The second-order valence-corrected chi connectivity index (χ2v) is 11.0. The van der Waals surface area contributed by atoms with Crippen molar-refractivity contribution in [1.29, 1.82) is 0 Å². The van der Waals surface area contributed by atoms with Crippen LogP contribution in [0, 0.1) is 11.2 Å². The van der Waals surface area contributed by atoms with Crippen LogP contribution in [0.1, 0.15) is 45.4 Å². The minimum atomic E-state index is -0.288. The molecule has 9 heteroatoms. The second-order valence-electron chi connectivity index (χ2n) is 11.0. The van der Waals surface area contributed by atoms with Crippen LogP contribution in [0.2, 0.25) is 0 Å². The third kappa shape index (κ3) is 3.95.